The van der Waals surface area contributed by atoms with E-state index in [4.69, 9.17) is 5.10 Å². The number of benzene rings is 2. The average Bonchev–Trinajstić information content (AvgIpc) is 3.42. The van der Waals surface area contributed by atoms with Gasteiger partial charge in [-0.25, -0.2) is 4.68 Å². The second-order valence-corrected chi connectivity index (χ2v) is 7.78. The zero-order valence-corrected chi connectivity index (χ0v) is 17.1. The molecule has 0 bridgehead atoms. The van der Waals surface area contributed by atoms with E-state index in [9.17, 15) is 4.79 Å². The van der Waals surface area contributed by atoms with Crippen molar-refractivity contribution in [1.82, 2.24) is 9.78 Å². The highest BCUT2D eigenvalue weighted by atomic mass is 32.1. The molecule has 4 nitrogen and oxygen atoms in total. The Hall–Kier alpha value is -3.44. The van der Waals surface area contributed by atoms with Gasteiger partial charge in [-0.3, -0.25) is 4.79 Å². The van der Waals surface area contributed by atoms with Gasteiger partial charge < -0.3 is 4.90 Å². The third-order valence-electron chi connectivity index (χ3n) is 4.60. The van der Waals surface area contributed by atoms with Crippen LogP contribution in [-0.2, 0) is 0 Å². The second-order valence-electron chi connectivity index (χ2n) is 6.83. The average molecular weight is 400 g/mol. The van der Waals surface area contributed by atoms with Gasteiger partial charge in [0.1, 0.15) is 5.69 Å². The number of anilines is 1. The van der Waals surface area contributed by atoms with Gasteiger partial charge in [0.2, 0.25) is 0 Å². The van der Waals surface area contributed by atoms with E-state index in [1.54, 1.807) is 17.4 Å². The van der Waals surface area contributed by atoms with Gasteiger partial charge in [-0.15, -0.1) is 11.3 Å². The summed E-state index contributed by atoms with van der Waals surface area (Å²) in [7, 11) is 3.96. The maximum absolute atomic E-state index is 12.6. The molecule has 0 atom stereocenters. The van der Waals surface area contributed by atoms with Gasteiger partial charge in [-0.2, -0.15) is 5.10 Å². The Bertz CT molecular complexity index is 1120. The SMILES string of the molecule is CN(C)c1ccc(C(=O)/C=C/c2cn(-c3ccccc3)nc2-c2cccs2)cc1. The van der Waals surface area contributed by atoms with Gasteiger partial charge in [-0.1, -0.05) is 24.3 Å². The molecule has 2 heterocycles. The molecular weight excluding hydrogens is 378 g/mol. The van der Waals surface area contributed by atoms with Crippen molar-refractivity contribution in [2.75, 3.05) is 19.0 Å². The van der Waals surface area contributed by atoms with Gasteiger partial charge in [0.15, 0.2) is 5.78 Å². The first-order chi connectivity index (χ1) is 14.1. The number of para-hydroxylation sites is 1. The maximum atomic E-state index is 12.6. The van der Waals surface area contributed by atoms with E-state index in [2.05, 4.69) is 0 Å². The molecule has 4 aromatic rings. The van der Waals surface area contributed by atoms with Crippen molar-refractivity contribution in [3.8, 4) is 16.3 Å². The fourth-order valence-electron chi connectivity index (χ4n) is 3.01. The van der Waals surface area contributed by atoms with E-state index >= 15 is 0 Å². The van der Waals surface area contributed by atoms with Crippen molar-refractivity contribution >= 4 is 28.9 Å². The summed E-state index contributed by atoms with van der Waals surface area (Å²) in [5.74, 6) is -0.0279. The number of carbonyl (C=O) groups is 1. The van der Waals surface area contributed by atoms with E-state index < -0.39 is 0 Å². The molecule has 0 radical (unpaired) electrons. The van der Waals surface area contributed by atoms with Crippen LogP contribution in [0.25, 0.3) is 22.3 Å². The molecule has 4 rings (SSSR count). The van der Waals surface area contributed by atoms with Gasteiger partial charge >= 0.3 is 0 Å². The highest BCUT2D eigenvalue weighted by Crippen LogP contribution is 2.28. The summed E-state index contributed by atoms with van der Waals surface area (Å²) in [4.78, 5) is 15.7. The standard InChI is InChI=1S/C24H21N3OS/c1-26(2)20-13-10-18(11-14-20)22(28)15-12-19-17-27(21-7-4-3-5-8-21)25-24(19)23-9-6-16-29-23/h3-17H,1-2H3/b15-12+. The molecule has 0 amide bonds. The Morgan fingerprint density at radius 3 is 2.41 bits per heavy atom. The zero-order valence-electron chi connectivity index (χ0n) is 16.3. The topological polar surface area (TPSA) is 38.1 Å². The van der Waals surface area contributed by atoms with Crippen LogP contribution in [0.4, 0.5) is 5.69 Å². The lowest BCUT2D eigenvalue weighted by molar-refractivity contribution is 0.104. The van der Waals surface area contributed by atoms with Crippen LogP contribution in [0.5, 0.6) is 0 Å². The molecule has 2 aromatic heterocycles. The number of rotatable bonds is 6. The van der Waals surface area contributed by atoms with Gasteiger partial charge in [0, 0.05) is 37.1 Å². The highest BCUT2D eigenvalue weighted by molar-refractivity contribution is 7.13. The molecule has 29 heavy (non-hydrogen) atoms. The third-order valence-corrected chi connectivity index (χ3v) is 5.48. The largest absolute Gasteiger partial charge is 0.378 e. The summed E-state index contributed by atoms with van der Waals surface area (Å²) in [5, 5.41) is 6.79. The Morgan fingerprint density at radius 1 is 1.00 bits per heavy atom. The highest BCUT2D eigenvalue weighted by Gasteiger charge is 2.12. The van der Waals surface area contributed by atoms with Crippen molar-refractivity contribution in [2.45, 2.75) is 0 Å². The summed E-state index contributed by atoms with van der Waals surface area (Å²) < 4.78 is 1.85. The van der Waals surface area contributed by atoms with Crippen molar-refractivity contribution in [1.29, 1.82) is 0 Å². The van der Waals surface area contributed by atoms with Crippen LogP contribution in [0.15, 0.2) is 84.4 Å². The smallest absolute Gasteiger partial charge is 0.185 e. The van der Waals surface area contributed by atoms with Crippen LogP contribution in [-0.4, -0.2) is 29.7 Å². The number of ketones is 1. The Labute approximate surface area is 174 Å². The molecule has 0 aliphatic heterocycles. The quantitative estimate of drug-likeness (QED) is 0.315. The number of thiophene rings is 1. The maximum Gasteiger partial charge on any atom is 0.185 e. The monoisotopic (exact) mass is 399 g/mol. The summed E-state index contributed by atoms with van der Waals surface area (Å²) in [6.45, 7) is 0. The molecular formula is C24H21N3OS. The summed E-state index contributed by atoms with van der Waals surface area (Å²) >= 11 is 1.63. The minimum atomic E-state index is -0.0279. The first-order valence-corrected chi connectivity index (χ1v) is 10.2. The van der Waals surface area contributed by atoms with Crippen LogP contribution in [0, 0.1) is 0 Å². The predicted octanol–water partition coefficient (Wildman–Crippen LogP) is 5.56. The fourth-order valence-corrected chi connectivity index (χ4v) is 3.74. The first kappa shape index (κ1) is 18.9. The molecule has 0 aliphatic carbocycles. The van der Waals surface area contributed by atoms with Gasteiger partial charge in [-0.05, 0) is 60.0 Å². The molecule has 0 fully saturated rings. The third kappa shape index (κ3) is 4.20. The lowest BCUT2D eigenvalue weighted by Crippen LogP contribution is -2.08. The Balaban J connectivity index is 1.65. The Kier molecular flexibility index (Phi) is 5.40. The van der Waals surface area contributed by atoms with Gasteiger partial charge in [0.05, 0.1) is 10.6 Å². The van der Waals surface area contributed by atoms with E-state index in [0.29, 0.717) is 5.56 Å². The van der Waals surface area contributed by atoms with Crippen molar-refractivity contribution in [3.05, 3.63) is 95.5 Å². The minimum absolute atomic E-state index is 0.0279. The molecule has 0 aliphatic rings. The molecule has 0 saturated carbocycles. The number of allylic oxidation sites excluding steroid dienone is 1. The summed E-state index contributed by atoms with van der Waals surface area (Å²) in [5.41, 5.74) is 4.50. The molecule has 0 unspecified atom stereocenters. The molecule has 0 N–H and O–H groups in total. The van der Waals surface area contributed by atoms with E-state index in [0.717, 1.165) is 27.5 Å². The molecule has 0 spiro atoms. The minimum Gasteiger partial charge on any atom is -0.378 e. The summed E-state index contributed by atoms with van der Waals surface area (Å²) in [6, 6.07) is 21.6. The lowest BCUT2D eigenvalue weighted by atomic mass is 10.1. The number of hydrogen-bond donors (Lipinski definition) is 0. The van der Waals surface area contributed by atoms with E-state index in [1.807, 2.05) is 108 Å². The van der Waals surface area contributed by atoms with Crippen molar-refractivity contribution in [2.24, 2.45) is 0 Å². The van der Waals surface area contributed by atoms with Gasteiger partial charge in [0.25, 0.3) is 0 Å². The molecule has 2 aromatic carbocycles. The van der Waals surface area contributed by atoms with Crippen LogP contribution in [0.3, 0.4) is 0 Å². The summed E-state index contributed by atoms with van der Waals surface area (Å²) in [6.07, 6.45) is 5.43. The van der Waals surface area contributed by atoms with Crippen LogP contribution < -0.4 is 4.90 Å². The van der Waals surface area contributed by atoms with Crippen LogP contribution >= 0.6 is 11.3 Å². The molecule has 144 valence electrons. The number of aromatic nitrogens is 2. The first-order valence-electron chi connectivity index (χ1n) is 9.30. The fraction of sp³-hybridized carbons (Fsp3) is 0.0833. The van der Waals surface area contributed by atoms with Crippen LogP contribution in [0.1, 0.15) is 15.9 Å². The van der Waals surface area contributed by atoms with E-state index in [-0.39, 0.29) is 5.78 Å². The lowest BCUT2D eigenvalue weighted by Gasteiger charge is -2.11. The second kappa shape index (κ2) is 8.29. The molecule has 0 saturated heterocycles. The predicted molar refractivity (Wildman–Crippen MR) is 121 cm³/mol. The van der Waals surface area contributed by atoms with Crippen LogP contribution in [0.2, 0.25) is 0 Å². The zero-order chi connectivity index (χ0) is 20.2. The number of hydrogen-bond acceptors (Lipinski definition) is 4. The van der Waals surface area contributed by atoms with Crippen molar-refractivity contribution in [3.63, 3.8) is 0 Å². The normalized spacial score (nSPS) is 11.1. The Morgan fingerprint density at radius 2 is 1.76 bits per heavy atom. The van der Waals surface area contributed by atoms with E-state index in [1.165, 1.54) is 0 Å². The number of nitrogens with zero attached hydrogens (tertiary/aromatic N) is 3. The number of carbonyl (C=O) groups excluding carboxylic acids is 1. The van der Waals surface area contributed by atoms with Crippen molar-refractivity contribution < 1.29 is 4.79 Å². The molecule has 5 heteroatoms.